The Labute approximate surface area is 151 Å². The summed E-state index contributed by atoms with van der Waals surface area (Å²) < 4.78 is 5.27. The second-order valence-electron chi connectivity index (χ2n) is 6.00. The van der Waals surface area contributed by atoms with Crippen LogP contribution in [-0.2, 0) is 9.53 Å². The molecule has 132 valence electrons. The lowest BCUT2D eigenvalue weighted by atomic mass is 10.2. The van der Waals surface area contributed by atoms with Crippen molar-refractivity contribution in [1.82, 2.24) is 9.97 Å². The maximum Gasteiger partial charge on any atom is 0.338 e. The van der Waals surface area contributed by atoms with Crippen molar-refractivity contribution >= 4 is 28.6 Å². The number of aryl methyl sites for hydroxylation is 2. The molecule has 6 nitrogen and oxygen atoms in total. The van der Waals surface area contributed by atoms with Crippen LogP contribution in [-0.4, -0.2) is 27.9 Å². The van der Waals surface area contributed by atoms with Crippen molar-refractivity contribution in [3.05, 3.63) is 65.5 Å². The maximum atomic E-state index is 12.4. The molecule has 1 amide bonds. The Morgan fingerprint density at radius 1 is 0.962 bits per heavy atom. The van der Waals surface area contributed by atoms with E-state index in [1.54, 1.807) is 30.3 Å². The van der Waals surface area contributed by atoms with Gasteiger partial charge in [0.25, 0.3) is 5.91 Å². The van der Waals surface area contributed by atoms with E-state index in [1.165, 1.54) is 6.92 Å². The fourth-order valence-electron chi connectivity index (χ4n) is 2.41. The van der Waals surface area contributed by atoms with Gasteiger partial charge in [-0.25, -0.2) is 14.8 Å². The minimum atomic E-state index is -0.927. The van der Waals surface area contributed by atoms with Crippen molar-refractivity contribution in [2.45, 2.75) is 26.9 Å². The number of nitrogens with zero attached hydrogens (tertiary/aromatic N) is 2. The van der Waals surface area contributed by atoms with E-state index < -0.39 is 18.0 Å². The SMILES string of the molecule is Cc1nc2ccc(C(=O)O[C@@H](C)C(=O)Nc3ccccc3)cc2nc1C. The molecule has 26 heavy (non-hydrogen) atoms. The summed E-state index contributed by atoms with van der Waals surface area (Å²) in [5.41, 5.74) is 3.95. The number of fused-ring (bicyclic) bond motifs is 1. The van der Waals surface area contributed by atoms with E-state index in [9.17, 15) is 9.59 Å². The first-order valence-corrected chi connectivity index (χ1v) is 8.26. The third-order valence-electron chi connectivity index (χ3n) is 4.01. The van der Waals surface area contributed by atoms with E-state index in [2.05, 4.69) is 15.3 Å². The minimum Gasteiger partial charge on any atom is -0.449 e. The van der Waals surface area contributed by atoms with Crippen LogP contribution in [0.4, 0.5) is 5.69 Å². The summed E-state index contributed by atoms with van der Waals surface area (Å²) in [5, 5.41) is 2.70. The minimum absolute atomic E-state index is 0.328. The highest BCUT2D eigenvalue weighted by atomic mass is 16.5. The van der Waals surface area contributed by atoms with Gasteiger partial charge in [-0.2, -0.15) is 0 Å². The number of para-hydroxylation sites is 1. The Balaban J connectivity index is 1.71. The van der Waals surface area contributed by atoms with Gasteiger partial charge in [-0.15, -0.1) is 0 Å². The molecule has 0 saturated carbocycles. The number of carbonyl (C=O) groups excluding carboxylic acids is 2. The first kappa shape index (κ1) is 17.5. The number of anilines is 1. The smallest absolute Gasteiger partial charge is 0.338 e. The predicted molar refractivity (Wildman–Crippen MR) is 99.0 cm³/mol. The van der Waals surface area contributed by atoms with Gasteiger partial charge in [-0.05, 0) is 51.1 Å². The van der Waals surface area contributed by atoms with Crippen molar-refractivity contribution < 1.29 is 14.3 Å². The summed E-state index contributed by atoms with van der Waals surface area (Å²) in [6.07, 6.45) is -0.927. The number of esters is 1. The number of benzene rings is 2. The molecule has 1 heterocycles. The zero-order valence-electron chi connectivity index (χ0n) is 14.8. The Bertz CT molecular complexity index is 971. The van der Waals surface area contributed by atoms with Crippen LogP contribution in [0.25, 0.3) is 11.0 Å². The zero-order valence-corrected chi connectivity index (χ0v) is 14.8. The van der Waals surface area contributed by atoms with Crippen LogP contribution < -0.4 is 5.32 Å². The Morgan fingerprint density at radius 3 is 2.31 bits per heavy atom. The molecule has 3 aromatic rings. The van der Waals surface area contributed by atoms with Crippen molar-refractivity contribution in [2.75, 3.05) is 5.32 Å². The molecule has 1 aromatic heterocycles. The fourth-order valence-corrected chi connectivity index (χ4v) is 2.41. The normalized spacial score (nSPS) is 11.8. The molecule has 6 heteroatoms. The van der Waals surface area contributed by atoms with E-state index in [0.29, 0.717) is 22.3 Å². The zero-order chi connectivity index (χ0) is 18.7. The summed E-state index contributed by atoms with van der Waals surface area (Å²) in [6, 6.07) is 14.0. The quantitative estimate of drug-likeness (QED) is 0.730. The summed E-state index contributed by atoms with van der Waals surface area (Å²) in [6.45, 7) is 5.28. The molecule has 0 saturated heterocycles. The highest BCUT2D eigenvalue weighted by molar-refractivity contribution is 5.98. The van der Waals surface area contributed by atoms with E-state index >= 15 is 0 Å². The van der Waals surface area contributed by atoms with Gasteiger partial charge in [0.2, 0.25) is 0 Å². The third kappa shape index (κ3) is 3.85. The second kappa shape index (κ2) is 7.31. The summed E-state index contributed by atoms with van der Waals surface area (Å²) in [7, 11) is 0. The first-order valence-electron chi connectivity index (χ1n) is 8.26. The average Bonchev–Trinajstić information content (AvgIpc) is 2.63. The molecule has 1 N–H and O–H groups in total. The van der Waals surface area contributed by atoms with Crippen molar-refractivity contribution in [3.63, 3.8) is 0 Å². The number of hydrogen-bond acceptors (Lipinski definition) is 5. The molecule has 1 atom stereocenters. The van der Waals surface area contributed by atoms with Gasteiger partial charge in [0.1, 0.15) is 0 Å². The topological polar surface area (TPSA) is 81.2 Å². The molecule has 0 aliphatic rings. The Hall–Kier alpha value is -3.28. The number of amides is 1. The fraction of sp³-hybridized carbons (Fsp3) is 0.200. The number of aromatic nitrogens is 2. The van der Waals surface area contributed by atoms with Crippen molar-refractivity contribution in [1.29, 1.82) is 0 Å². The van der Waals surface area contributed by atoms with E-state index in [4.69, 9.17) is 4.74 Å². The van der Waals surface area contributed by atoms with Crippen LogP contribution in [0.3, 0.4) is 0 Å². The standard InChI is InChI=1S/C20H19N3O3/c1-12-13(2)22-18-11-15(9-10-17(18)21-12)20(25)26-14(3)19(24)23-16-7-5-4-6-8-16/h4-11,14H,1-3H3,(H,23,24)/t14-/m0/s1. The van der Waals surface area contributed by atoms with Gasteiger partial charge < -0.3 is 10.1 Å². The third-order valence-corrected chi connectivity index (χ3v) is 4.01. The summed E-state index contributed by atoms with van der Waals surface area (Å²) >= 11 is 0. The molecule has 3 rings (SSSR count). The van der Waals surface area contributed by atoms with Crippen molar-refractivity contribution in [2.24, 2.45) is 0 Å². The van der Waals surface area contributed by atoms with Crippen LogP contribution in [0, 0.1) is 13.8 Å². The van der Waals surface area contributed by atoms with Crippen LogP contribution in [0.1, 0.15) is 28.7 Å². The van der Waals surface area contributed by atoms with Crippen molar-refractivity contribution in [3.8, 4) is 0 Å². The number of hydrogen-bond donors (Lipinski definition) is 1. The summed E-state index contributed by atoms with van der Waals surface area (Å²) in [4.78, 5) is 33.4. The summed E-state index contributed by atoms with van der Waals surface area (Å²) in [5.74, 6) is -0.973. The molecule has 2 aromatic carbocycles. The van der Waals surface area contributed by atoms with Gasteiger partial charge in [0.15, 0.2) is 6.10 Å². The Morgan fingerprint density at radius 2 is 1.62 bits per heavy atom. The molecule has 0 bridgehead atoms. The van der Waals surface area contributed by atoms with Crippen LogP contribution in [0.2, 0.25) is 0 Å². The van der Waals surface area contributed by atoms with Gasteiger partial charge >= 0.3 is 5.97 Å². The number of rotatable bonds is 4. The van der Waals surface area contributed by atoms with Gasteiger partial charge in [-0.3, -0.25) is 4.79 Å². The Kier molecular flexibility index (Phi) is 4.93. The number of nitrogens with one attached hydrogen (secondary N) is 1. The lowest BCUT2D eigenvalue weighted by Gasteiger charge is -2.13. The average molecular weight is 349 g/mol. The number of carbonyl (C=O) groups is 2. The first-order chi connectivity index (χ1) is 12.4. The van der Waals surface area contributed by atoms with Crippen LogP contribution in [0.15, 0.2) is 48.5 Å². The predicted octanol–water partition coefficient (Wildman–Crippen LogP) is 3.43. The van der Waals surface area contributed by atoms with Gasteiger partial charge in [-0.1, -0.05) is 18.2 Å². The molecule has 0 spiro atoms. The van der Waals surface area contributed by atoms with Gasteiger partial charge in [0, 0.05) is 5.69 Å². The number of ether oxygens (including phenoxy) is 1. The lowest BCUT2D eigenvalue weighted by molar-refractivity contribution is -0.123. The molecular weight excluding hydrogens is 330 g/mol. The maximum absolute atomic E-state index is 12.4. The second-order valence-corrected chi connectivity index (χ2v) is 6.00. The molecule has 0 fully saturated rings. The monoisotopic (exact) mass is 349 g/mol. The van der Waals surface area contributed by atoms with E-state index in [-0.39, 0.29) is 0 Å². The highest BCUT2D eigenvalue weighted by Crippen LogP contribution is 2.16. The van der Waals surface area contributed by atoms with E-state index in [0.717, 1.165) is 11.4 Å². The lowest BCUT2D eigenvalue weighted by Crippen LogP contribution is -2.30. The molecule has 0 radical (unpaired) electrons. The highest BCUT2D eigenvalue weighted by Gasteiger charge is 2.19. The molecular formula is C20H19N3O3. The van der Waals surface area contributed by atoms with Crippen LogP contribution >= 0.6 is 0 Å². The molecule has 0 aliphatic heterocycles. The molecule has 0 unspecified atom stereocenters. The molecule has 0 aliphatic carbocycles. The van der Waals surface area contributed by atoms with E-state index in [1.807, 2.05) is 32.0 Å². The van der Waals surface area contributed by atoms with Gasteiger partial charge in [0.05, 0.1) is 28.0 Å². The van der Waals surface area contributed by atoms with Crippen LogP contribution in [0.5, 0.6) is 0 Å². The largest absolute Gasteiger partial charge is 0.449 e.